The molecule has 25 heavy (non-hydrogen) atoms. The second-order valence-corrected chi connectivity index (χ2v) is 5.82. The van der Waals surface area contributed by atoms with Gasteiger partial charge in [0.15, 0.2) is 0 Å². The number of hydrogen-bond donors (Lipinski definition) is 0. The fraction of sp³-hybridized carbons (Fsp3) is 0.118. The molecule has 8 nitrogen and oxygen atoms in total. The van der Waals surface area contributed by atoms with E-state index in [1.165, 1.54) is 18.2 Å². The van der Waals surface area contributed by atoms with Crippen molar-refractivity contribution in [2.24, 2.45) is 0 Å². The van der Waals surface area contributed by atoms with Crippen LogP contribution in [0.2, 0.25) is 0 Å². The molecule has 0 N–H and O–H groups in total. The fourth-order valence-corrected chi connectivity index (χ4v) is 3.06. The number of fused-ring (bicyclic) bond motifs is 3. The summed E-state index contributed by atoms with van der Waals surface area (Å²) in [5.41, 5.74) is 4.29. The van der Waals surface area contributed by atoms with E-state index in [0.717, 1.165) is 35.2 Å². The monoisotopic (exact) mass is 336 g/mol. The summed E-state index contributed by atoms with van der Waals surface area (Å²) in [6.45, 7) is 0. The van der Waals surface area contributed by atoms with Crippen molar-refractivity contribution < 1.29 is 9.85 Å². The standard InChI is InChI=1S/C17H12N4O4/c22-20(23)14-7-5-13(6-8-14)19-10-12-2-1-11-3-4-15(21(24)25)9-16(11)17(12)18-19/h3-10H,1-2H2. The average Bonchev–Trinajstić information content (AvgIpc) is 3.06. The molecule has 8 heteroatoms. The molecule has 0 saturated carbocycles. The molecule has 124 valence electrons. The molecule has 0 bridgehead atoms. The Hall–Kier alpha value is -3.55. The van der Waals surface area contributed by atoms with Gasteiger partial charge in [-0.15, -0.1) is 0 Å². The molecule has 3 aromatic rings. The predicted molar refractivity (Wildman–Crippen MR) is 89.7 cm³/mol. The van der Waals surface area contributed by atoms with E-state index in [-0.39, 0.29) is 11.4 Å². The number of rotatable bonds is 3. The number of aryl methyl sites for hydroxylation is 2. The van der Waals surface area contributed by atoms with Crippen molar-refractivity contribution >= 4 is 11.4 Å². The molecule has 4 rings (SSSR count). The molecule has 0 aliphatic heterocycles. The lowest BCUT2D eigenvalue weighted by Crippen LogP contribution is -2.03. The van der Waals surface area contributed by atoms with Gasteiger partial charge in [0.25, 0.3) is 11.4 Å². The summed E-state index contributed by atoms with van der Waals surface area (Å²) < 4.78 is 1.66. The van der Waals surface area contributed by atoms with Crippen LogP contribution in [-0.4, -0.2) is 19.6 Å². The Morgan fingerprint density at radius 3 is 2.20 bits per heavy atom. The second kappa shape index (κ2) is 5.52. The number of non-ortho nitro benzene ring substituents is 2. The van der Waals surface area contributed by atoms with E-state index in [4.69, 9.17) is 0 Å². The van der Waals surface area contributed by atoms with Crippen molar-refractivity contribution in [3.63, 3.8) is 0 Å². The largest absolute Gasteiger partial charge is 0.270 e. The summed E-state index contributed by atoms with van der Waals surface area (Å²) in [5.74, 6) is 0. The lowest BCUT2D eigenvalue weighted by atomic mass is 9.90. The smallest absolute Gasteiger partial charge is 0.258 e. The molecule has 0 amide bonds. The van der Waals surface area contributed by atoms with Gasteiger partial charge in [0.2, 0.25) is 0 Å². The number of nitrogens with zero attached hydrogens (tertiary/aromatic N) is 4. The van der Waals surface area contributed by atoms with Crippen molar-refractivity contribution in [3.8, 4) is 16.9 Å². The summed E-state index contributed by atoms with van der Waals surface area (Å²) in [6, 6.07) is 11.0. The van der Waals surface area contributed by atoms with Crippen LogP contribution >= 0.6 is 0 Å². The highest BCUT2D eigenvalue weighted by Gasteiger charge is 2.22. The highest BCUT2D eigenvalue weighted by Crippen LogP contribution is 2.35. The second-order valence-electron chi connectivity index (χ2n) is 5.82. The minimum absolute atomic E-state index is 0.0154. The van der Waals surface area contributed by atoms with Crippen molar-refractivity contribution in [2.45, 2.75) is 12.8 Å². The minimum atomic E-state index is -0.451. The normalized spacial score (nSPS) is 12.3. The zero-order valence-corrected chi connectivity index (χ0v) is 13.0. The average molecular weight is 336 g/mol. The van der Waals surface area contributed by atoms with E-state index in [0.29, 0.717) is 5.69 Å². The van der Waals surface area contributed by atoms with Crippen LogP contribution in [0.4, 0.5) is 11.4 Å². The van der Waals surface area contributed by atoms with Gasteiger partial charge in [0, 0.05) is 36.0 Å². The Kier molecular flexibility index (Phi) is 3.31. The van der Waals surface area contributed by atoms with Gasteiger partial charge in [-0.1, -0.05) is 6.07 Å². The Morgan fingerprint density at radius 1 is 0.880 bits per heavy atom. The molecular formula is C17H12N4O4. The van der Waals surface area contributed by atoms with Gasteiger partial charge in [0.05, 0.1) is 21.2 Å². The van der Waals surface area contributed by atoms with Crippen LogP contribution < -0.4 is 0 Å². The summed E-state index contributed by atoms with van der Waals surface area (Å²) in [4.78, 5) is 20.9. The first-order valence-corrected chi connectivity index (χ1v) is 7.64. The summed E-state index contributed by atoms with van der Waals surface area (Å²) in [7, 11) is 0. The third-order valence-electron chi connectivity index (χ3n) is 4.34. The maximum Gasteiger partial charge on any atom is 0.270 e. The van der Waals surface area contributed by atoms with Crippen molar-refractivity contribution in [1.29, 1.82) is 0 Å². The van der Waals surface area contributed by atoms with Crippen molar-refractivity contribution in [2.75, 3.05) is 0 Å². The molecule has 2 aromatic carbocycles. The number of nitro benzene ring substituents is 2. The maximum absolute atomic E-state index is 11.0. The minimum Gasteiger partial charge on any atom is -0.258 e. The van der Waals surface area contributed by atoms with Gasteiger partial charge >= 0.3 is 0 Å². The molecule has 1 heterocycles. The lowest BCUT2D eigenvalue weighted by molar-refractivity contribution is -0.385. The maximum atomic E-state index is 11.0. The summed E-state index contributed by atoms with van der Waals surface area (Å²) in [6.07, 6.45) is 3.47. The third-order valence-corrected chi connectivity index (χ3v) is 4.34. The van der Waals surface area contributed by atoms with Crippen LogP contribution in [0.15, 0.2) is 48.7 Å². The quantitative estimate of drug-likeness (QED) is 0.538. The van der Waals surface area contributed by atoms with E-state index < -0.39 is 9.85 Å². The Labute approximate surface area is 141 Å². The first-order valence-electron chi connectivity index (χ1n) is 7.64. The number of nitro groups is 2. The number of aromatic nitrogens is 2. The molecule has 0 spiro atoms. The number of benzene rings is 2. The fourth-order valence-electron chi connectivity index (χ4n) is 3.06. The van der Waals surface area contributed by atoms with E-state index in [1.807, 2.05) is 6.20 Å². The zero-order chi connectivity index (χ0) is 17.6. The van der Waals surface area contributed by atoms with E-state index >= 15 is 0 Å². The van der Waals surface area contributed by atoms with Crippen LogP contribution in [-0.2, 0) is 12.8 Å². The first kappa shape index (κ1) is 15.0. The molecule has 1 aliphatic carbocycles. The van der Waals surface area contributed by atoms with Crippen LogP contribution in [0.1, 0.15) is 11.1 Å². The topological polar surface area (TPSA) is 104 Å². The van der Waals surface area contributed by atoms with Gasteiger partial charge in [-0.2, -0.15) is 5.10 Å². The van der Waals surface area contributed by atoms with Crippen LogP contribution in [0.3, 0.4) is 0 Å². The summed E-state index contributed by atoms with van der Waals surface area (Å²) in [5, 5.41) is 26.4. The van der Waals surface area contributed by atoms with E-state index in [2.05, 4.69) is 5.10 Å². The van der Waals surface area contributed by atoms with Crippen LogP contribution in [0.5, 0.6) is 0 Å². The van der Waals surface area contributed by atoms with Gasteiger partial charge in [-0.05, 0) is 36.1 Å². The Balaban J connectivity index is 1.78. The molecule has 0 unspecified atom stereocenters. The Bertz CT molecular complexity index is 1010. The van der Waals surface area contributed by atoms with Crippen molar-refractivity contribution in [3.05, 3.63) is 80.0 Å². The van der Waals surface area contributed by atoms with Crippen molar-refractivity contribution in [1.82, 2.24) is 9.78 Å². The molecule has 0 fully saturated rings. The van der Waals surface area contributed by atoms with Gasteiger partial charge in [0.1, 0.15) is 0 Å². The molecule has 1 aromatic heterocycles. The molecule has 1 aliphatic rings. The van der Waals surface area contributed by atoms with E-state index in [9.17, 15) is 20.2 Å². The third kappa shape index (κ3) is 2.53. The highest BCUT2D eigenvalue weighted by molar-refractivity contribution is 5.72. The lowest BCUT2D eigenvalue weighted by Gasteiger charge is -2.14. The van der Waals surface area contributed by atoms with Gasteiger partial charge in [-0.3, -0.25) is 20.2 Å². The van der Waals surface area contributed by atoms with Gasteiger partial charge < -0.3 is 0 Å². The summed E-state index contributed by atoms with van der Waals surface area (Å²) >= 11 is 0. The first-order chi connectivity index (χ1) is 12.0. The zero-order valence-electron chi connectivity index (χ0n) is 13.0. The molecule has 0 atom stereocenters. The molecule has 0 radical (unpaired) electrons. The SMILES string of the molecule is O=[N+]([O-])c1ccc(-n2cc3c(n2)-c2cc([N+](=O)[O-])ccc2CC3)cc1. The highest BCUT2D eigenvalue weighted by atomic mass is 16.6. The Morgan fingerprint density at radius 2 is 1.52 bits per heavy atom. The van der Waals surface area contributed by atoms with Crippen LogP contribution in [0.25, 0.3) is 16.9 Å². The number of hydrogen-bond acceptors (Lipinski definition) is 5. The van der Waals surface area contributed by atoms with Gasteiger partial charge in [-0.25, -0.2) is 4.68 Å². The van der Waals surface area contributed by atoms with Crippen LogP contribution in [0, 0.1) is 20.2 Å². The van der Waals surface area contributed by atoms with E-state index in [1.54, 1.807) is 28.9 Å². The molecular weight excluding hydrogens is 324 g/mol. The molecule has 0 saturated heterocycles. The predicted octanol–water partition coefficient (Wildman–Crippen LogP) is 3.45.